The molecular weight excluding hydrogens is 388 g/mol. The minimum Gasteiger partial charge on any atom is -0.497 e. The van der Waals surface area contributed by atoms with E-state index in [2.05, 4.69) is 0 Å². The van der Waals surface area contributed by atoms with Gasteiger partial charge in [0, 0.05) is 0 Å². The highest BCUT2D eigenvalue weighted by atomic mass is 32.1. The van der Waals surface area contributed by atoms with Gasteiger partial charge in [0.25, 0.3) is 0 Å². The second kappa shape index (κ2) is 8.36. The molecule has 2 aromatic carbocycles. The van der Waals surface area contributed by atoms with Gasteiger partial charge >= 0.3 is 0 Å². The summed E-state index contributed by atoms with van der Waals surface area (Å²) in [6.07, 6.45) is 1.85. The first-order valence-corrected chi connectivity index (χ1v) is 9.89. The maximum Gasteiger partial charge on any atom is 0.233 e. The fraction of sp³-hybridized carbons (Fsp3) is 0.182. The average molecular weight is 408 g/mol. The Morgan fingerprint density at radius 2 is 1.90 bits per heavy atom. The second-order valence-corrected chi connectivity index (χ2v) is 7.40. The van der Waals surface area contributed by atoms with Crippen molar-refractivity contribution in [2.75, 3.05) is 19.1 Å². The number of ether oxygens (including phenoxy) is 2. The summed E-state index contributed by atoms with van der Waals surface area (Å²) in [4.78, 5) is 19.6. The van der Waals surface area contributed by atoms with Gasteiger partial charge in [-0.2, -0.15) is 0 Å². The number of para-hydroxylation sites is 1. The van der Waals surface area contributed by atoms with Crippen molar-refractivity contribution in [2.45, 2.75) is 13.0 Å². The van der Waals surface area contributed by atoms with Crippen LogP contribution in [0.1, 0.15) is 11.3 Å². The summed E-state index contributed by atoms with van der Waals surface area (Å²) in [6.45, 7) is 0.310. The van der Waals surface area contributed by atoms with Gasteiger partial charge in [-0.05, 0) is 42.0 Å². The molecule has 0 spiro atoms. The fourth-order valence-electron chi connectivity index (χ4n) is 3.03. The molecule has 4 rings (SSSR count). The van der Waals surface area contributed by atoms with Gasteiger partial charge in [0.1, 0.15) is 22.8 Å². The molecule has 0 aliphatic carbocycles. The molecule has 2 heterocycles. The number of methoxy groups -OCH3 is 2. The first kappa shape index (κ1) is 19.0. The molecule has 29 heavy (non-hydrogen) atoms. The zero-order chi connectivity index (χ0) is 20.2. The molecule has 0 aliphatic heterocycles. The van der Waals surface area contributed by atoms with Crippen molar-refractivity contribution in [3.05, 3.63) is 72.2 Å². The molecule has 0 unspecified atom stereocenters. The van der Waals surface area contributed by atoms with Gasteiger partial charge in [-0.1, -0.05) is 29.5 Å². The van der Waals surface area contributed by atoms with Crippen LogP contribution in [0.15, 0.2) is 65.3 Å². The lowest BCUT2D eigenvalue weighted by molar-refractivity contribution is -0.118. The molecule has 1 amide bonds. The Morgan fingerprint density at radius 3 is 2.59 bits per heavy atom. The van der Waals surface area contributed by atoms with Crippen molar-refractivity contribution in [1.82, 2.24) is 4.98 Å². The molecule has 0 atom stereocenters. The maximum absolute atomic E-state index is 13.2. The van der Waals surface area contributed by atoms with Crippen molar-refractivity contribution in [2.24, 2.45) is 0 Å². The lowest BCUT2D eigenvalue weighted by atomic mass is 10.1. The van der Waals surface area contributed by atoms with Crippen molar-refractivity contribution >= 4 is 32.6 Å². The smallest absolute Gasteiger partial charge is 0.233 e. The van der Waals surface area contributed by atoms with Crippen LogP contribution in [0.5, 0.6) is 11.5 Å². The van der Waals surface area contributed by atoms with Gasteiger partial charge in [0.05, 0.1) is 38.1 Å². The number of furan rings is 1. The van der Waals surface area contributed by atoms with Crippen molar-refractivity contribution in [1.29, 1.82) is 0 Å². The number of aromatic nitrogens is 1. The molecule has 4 aromatic rings. The number of anilines is 1. The monoisotopic (exact) mass is 408 g/mol. The van der Waals surface area contributed by atoms with Gasteiger partial charge < -0.3 is 13.9 Å². The average Bonchev–Trinajstić information content (AvgIpc) is 3.41. The predicted molar refractivity (Wildman–Crippen MR) is 113 cm³/mol. The zero-order valence-electron chi connectivity index (χ0n) is 16.1. The van der Waals surface area contributed by atoms with Crippen molar-refractivity contribution < 1.29 is 18.7 Å². The molecule has 0 N–H and O–H groups in total. The van der Waals surface area contributed by atoms with Crippen LogP contribution in [0.3, 0.4) is 0 Å². The number of hydrogen-bond acceptors (Lipinski definition) is 6. The Labute approximate surface area is 172 Å². The van der Waals surface area contributed by atoms with Crippen LogP contribution in [0, 0.1) is 0 Å². The van der Waals surface area contributed by atoms with E-state index in [1.54, 1.807) is 25.4 Å². The lowest BCUT2D eigenvalue weighted by Crippen LogP contribution is -2.31. The topological polar surface area (TPSA) is 64.8 Å². The van der Waals surface area contributed by atoms with Crippen molar-refractivity contribution in [3.8, 4) is 11.5 Å². The SMILES string of the molecule is COc1ccc(CC(=O)N(Cc2ccco2)c2nc3c(OC)cccc3s2)cc1. The molecule has 7 heteroatoms. The number of thiazole rings is 1. The summed E-state index contributed by atoms with van der Waals surface area (Å²) >= 11 is 1.45. The van der Waals surface area contributed by atoms with E-state index in [0.717, 1.165) is 21.5 Å². The Bertz CT molecular complexity index is 1100. The summed E-state index contributed by atoms with van der Waals surface area (Å²) in [6, 6.07) is 16.9. The molecule has 0 radical (unpaired) electrons. The molecule has 0 fully saturated rings. The van der Waals surface area contributed by atoms with E-state index >= 15 is 0 Å². The van der Waals surface area contributed by atoms with E-state index in [-0.39, 0.29) is 12.3 Å². The number of carbonyl (C=O) groups is 1. The quantitative estimate of drug-likeness (QED) is 0.444. The third-order valence-electron chi connectivity index (χ3n) is 4.53. The summed E-state index contributed by atoms with van der Waals surface area (Å²) < 4.78 is 17.0. The molecular formula is C22H20N2O4S. The Kier molecular flexibility index (Phi) is 5.48. The fourth-order valence-corrected chi connectivity index (χ4v) is 4.03. The number of fused-ring (bicyclic) bond motifs is 1. The van der Waals surface area contributed by atoms with E-state index in [4.69, 9.17) is 18.9 Å². The highest BCUT2D eigenvalue weighted by Gasteiger charge is 2.22. The highest BCUT2D eigenvalue weighted by Crippen LogP contribution is 2.35. The van der Waals surface area contributed by atoms with Crippen LogP contribution in [0.4, 0.5) is 5.13 Å². The van der Waals surface area contributed by atoms with E-state index in [1.807, 2.05) is 54.6 Å². The van der Waals surface area contributed by atoms with Gasteiger partial charge in [-0.15, -0.1) is 0 Å². The molecule has 0 bridgehead atoms. The standard InChI is InChI=1S/C22H20N2O4S/c1-26-16-10-8-15(9-11-16)13-20(25)24(14-17-5-4-12-28-17)22-23-21-18(27-2)6-3-7-19(21)29-22/h3-12H,13-14H2,1-2H3. The number of benzene rings is 2. The van der Waals surface area contributed by atoms with Gasteiger partial charge in [-0.25, -0.2) is 4.98 Å². The Hall–Kier alpha value is -3.32. The number of hydrogen-bond donors (Lipinski definition) is 0. The molecule has 2 aromatic heterocycles. The van der Waals surface area contributed by atoms with Gasteiger partial charge in [0.2, 0.25) is 5.91 Å². The van der Waals surface area contributed by atoms with Crippen LogP contribution in [-0.2, 0) is 17.8 Å². The van der Waals surface area contributed by atoms with E-state index in [9.17, 15) is 4.79 Å². The Balaban J connectivity index is 1.66. The van der Waals surface area contributed by atoms with E-state index < -0.39 is 0 Å². The largest absolute Gasteiger partial charge is 0.497 e. The van der Waals surface area contributed by atoms with Crippen molar-refractivity contribution in [3.63, 3.8) is 0 Å². The third kappa shape index (κ3) is 4.09. The first-order chi connectivity index (χ1) is 14.2. The highest BCUT2D eigenvalue weighted by molar-refractivity contribution is 7.22. The summed E-state index contributed by atoms with van der Waals surface area (Å²) in [7, 11) is 3.23. The zero-order valence-corrected chi connectivity index (χ0v) is 16.9. The molecule has 0 saturated carbocycles. The number of carbonyl (C=O) groups excluding carboxylic acids is 1. The minimum atomic E-state index is -0.0652. The number of amides is 1. The third-order valence-corrected chi connectivity index (χ3v) is 5.57. The van der Waals surface area contributed by atoms with Crippen LogP contribution in [0.2, 0.25) is 0 Å². The minimum absolute atomic E-state index is 0.0652. The van der Waals surface area contributed by atoms with E-state index in [1.165, 1.54) is 11.3 Å². The van der Waals surface area contributed by atoms with Crippen LogP contribution in [-0.4, -0.2) is 25.1 Å². The van der Waals surface area contributed by atoms with Gasteiger partial charge in [-0.3, -0.25) is 9.69 Å². The normalized spacial score (nSPS) is 10.8. The molecule has 148 valence electrons. The summed E-state index contributed by atoms with van der Waals surface area (Å²) in [5.74, 6) is 2.07. The lowest BCUT2D eigenvalue weighted by Gasteiger charge is -2.19. The molecule has 0 aliphatic rings. The first-order valence-electron chi connectivity index (χ1n) is 9.07. The molecule has 6 nitrogen and oxygen atoms in total. The van der Waals surface area contributed by atoms with Crippen LogP contribution >= 0.6 is 11.3 Å². The second-order valence-electron chi connectivity index (χ2n) is 6.39. The summed E-state index contributed by atoms with van der Waals surface area (Å²) in [5, 5.41) is 0.611. The van der Waals surface area contributed by atoms with Crippen LogP contribution < -0.4 is 14.4 Å². The predicted octanol–water partition coefficient (Wildman–Crippen LogP) is 4.68. The molecule has 0 saturated heterocycles. The maximum atomic E-state index is 13.2. The summed E-state index contributed by atoms with van der Waals surface area (Å²) in [5.41, 5.74) is 1.65. The van der Waals surface area contributed by atoms with Crippen LogP contribution in [0.25, 0.3) is 10.2 Å². The van der Waals surface area contributed by atoms with E-state index in [0.29, 0.717) is 23.2 Å². The Morgan fingerprint density at radius 1 is 1.07 bits per heavy atom. The number of rotatable bonds is 7. The van der Waals surface area contributed by atoms with Gasteiger partial charge in [0.15, 0.2) is 5.13 Å². The number of nitrogens with zero attached hydrogens (tertiary/aromatic N) is 2.